The van der Waals surface area contributed by atoms with Crippen LogP contribution in [0.2, 0.25) is 0 Å². The average molecular weight is 407 g/mol. The smallest absolute Gasteiger partial charge is 0.303 e. The van der Waals surface area contributed by atoms with Crippen LogP contribution >= 0.6 is 0 Å². The Balaban J connectivity index is 2.01. The number of fused-ring (bicyclic) bond motifs is 1. The Morgan fingerprint density at radius 3 is 2.54 bits per heavy atom. The van der Waals surface area contributed by atoms with E-state index in [4.69, 9.17) is 9.84 Å². The molecule has 1 aromatic carbocycles. The van der Waals surface area contributed by atoms with Gasteiger partial charge in [0, 0.05) is 31.4 Å². The van der Waals surface area contributed by atoms with Gasteiger partial charge in [0.05, 0.1) is 18.0 Å². The predicted molar refractivity (Wildman–Crippen MR) is 105 cm³/mol. The lowest BCUT2D eigenvalue weighted by molar-refractivity contribution is -0.137. The fraction of sp³-hybridized carbons (Fsp3) is 0.450. The molecular weight excluding hydrogens is 380 g/mol. The van der Waals surface area contributed by atoms with Crippen LogP contribution in [0.15, 0.2) is 35.4 Å². The van der Waals surface area contributed by atoms with Crippen molar-refractivity contribution >= 4 is 16.0 Å². The molecule has 3 rings (SSSR count). The summed E-state index contributed by atoms with van der Waals surface area (Å²) in [5.41, 5.74) is 2.19. The van der Waals surface area contributed by atoms with E-state index in [0.717, 1.165) is 5.69 Å². The highest BCUT2D eigenvalue weighted by atomic mass is 32.2. The number of hydrogen-bond acceptors (Lipinski definition) is 4. The van der Waals surface area contributed by atoms with E-state index in [0.29, 0.717) is 47.7 Å². The summed E-state index contributed by atoms with van der Waals surface area (Å²) in [5.74, 6) is -0.248. The minimum atomic E-state index is -3.75. The van der Waals surface area contributed by atoms with Crippen molar-refractivity contribution in [2.75, 3.05) is 13.7 Å². The minimum absolute atomic E-state index is 0.0195. The maximum Gasteiger partial charge on any atom is 0.303 e. The summed E-state index contributed by atoms with van der Waals surface area (Å²) in [5, 5.41) is 8.98. The normalized spacial score (nSPS) is 17.3. The molecule has 0 saturated heterocycles. The quantitative estimate of drug-likeness (QED) is 0.763. The Morgan fingerprint density at radius 1 is 1.25 bits per heavy atom. The summed E-state index contributed by atoms with van der Waals surface area (Å²) in [4.78, 5) is 11.2. The molecule has 0 saturated carbocycles. The molecule has 0 spiro atoms. The Hall–Kier alpha value is -2.32. The van der Waals surface area contributed by atoms with Gasteiger partial charge in [0.25, 0.3) is 0 Å². The Labute approximate surface area is 165 Å². The SMILES string of the molecule is COc1cc(C)c(S(=O)(=O)N2CCn3cccc3C2CCCC(=O)O)c(C)c1. The summed E-state index contributed by atoms with van der Waals surface area (Å²) in [7, 11) is -2.20. The van der Waals surface area contributed by atoms with E-state index < -0.39 is 16.0 Å². The third kappa shape index (κ3) is 3.79. The third-order valence-corrected chi connectivity index (χ3v) is 7.43. The Kier molecular flexibility index (Phi) is 5.81. The average Bonchev–Trinajstić information content (AvgIpc) is 3.09. The molecule has 2 aromatic rings. The molecule has 1 N–H and O–H groups in total. The number of aromatic nitrogens is 1. The van der Waals surface area contributed by atoms with E-state index in [9.17, 15) is 13.2 Å². The van der Waals surface area contributed by atoms with E-state index in [1.165, 1.54) is 4.31 Å². The molecule has 8 heteroatoms. The van der Waals surface area contributed by atoms with Crippen LogP contribution in [0.25, 0.3) is 0 Å². The van der Waals surface area contributed by atoms with Gasteiger partial charge in [0.2, 0.25) is 10.0 Å². The Morgan fingerprint density at radius 2 is 1.93 bits per heavy atom. The van der Waals surface area contributed by atoms with Crippen LogP contribution in [0.4, 0.5) is 0 Å². The Bertz CT molecular complexity index is 957. The number of sulfonamides is 1. The highest BCUT2D eigenvalue weighted by Crippen LogP contribution is 2.37. The van der Waals surface area contributed by atoms with Crippen LogP contribution in [0.3, 0.4) is 0 Å². The number of carbonyl (C=O) groups is 1. The van der Waals surface area contributed by atoms with E-state index >= 15 is 0 Å². The molecule has 2 heterocycles. The lowest BCUT2D eigenvalue weighted by Crippen LogP contribution is -2.42. The number of ether oxygens (including phenoxy) is 1. The summed E-state index contributed by atoms with van der Waals surface area (Å²) >= 11 is 0. The maximum atomic E-state index is 13.6. The number of benzene rings is 1. The van der Waals surface area contributed by atoms with E-state index in [-0.39, 0.29) is 12.5 Å². The zero-order valence-corrected chi connectivity index (χ0v) is 17.2. The maximum absolute atomic E-state index is 13.6. The van der Waals surface area contributed by atoms with Crippen LogP contribution in [0.1, 0.15) is 42.1 Å². The summed E-state index contributed by atoms with van der Waals surface area (Å²) in [6, 6.07) is 6.90. The largest absolute Gasteiger partial charge is 0.497 e. The fourth-order valence-electron chi connectivity index (χ4n) is 4.02. The topological polar surface area (TPSA) is 88.8 Å². The van der Waals surface area contributed by atoms with Gasteiger partial charge >= 0.3 is 5.97 Å². The molecule has 0 aliphatic carbocycles. The third-order valence-electron chi connectivity index (χ3n) is 5.22. The minimum Gasteiger partial charge on any atom is -0.497 e. The van der Waals surface area contributed by atoms with Gasteiger partial charge in [-0.05, 0) is 62.1 Å². The van der Waals surface area contributed by atoms with Gasteiger partial charge in [-0.3, -0.25) is 4.79 Å². The van der Waals surface area contributed by atoms with Gasteiger partial charge in [-0.25, -0.2) is 8.42 Å². The van der Waals surface area contributed by atoms with Crippen molar-refractivity contribution in [1.82, 2.24) is 8.87 Å². The fourth-order valence-corrected chi connectivity index (χ4v) is 6.06. The number of carboxylic acids is 1. The van der Waals surface area contributed by atoms with Crippen molar-refractivity contribution in [3.63, 3.8) is 0 Å². The van der Waals surface area contributed by atoms with Crippen molar-refractivity contribution in [3.8, 4) is 5.75 Å². The molecular formula is C20H26N2O5S. The summed E-state index contributed by atoms with van der Waals surface area (Å²) in [6.45, 7) is 4.47. The second-order valence-corrected chi connectivity index (χ2v) is 8.96. The number of hydrogen-bond donors (Lipinski definition) is 1. The van der Waals surface area contributed by atoms with Crippen molar-refractivity contribution in [1.29, 1.82) is 0 Å². The molecule has 1 aromatic heterocycles. The number of methoxy groups -OCH3 is 1. The second-order valence-electron chi connectivity index (χ2n) is 7.13. The van der Waals surface area contributed by atoms with Gasteiger partial charge in [0.15, 0.2) is 0 Å². The van der Waals surface area contributed by atoms with Gasteiger partial charge in [-0.2, -0.15) is 4.31 Å². The zero-order valence-electron chi connectivity index (χ0n) is 16.4. The van der Waals surface area contributed by atoms with Gasteiger partial charge in [-0.1, -0.05) is 0 Å². The molecule has 152 valence electrons. The molecule has 0 fully saturated rings. The molecule has 1 atom stereocenters. The number of rotatable bonds is 7. The molecule has 7 nitrogen and oxygen atoms in total. The van der Waals surface area contributed by atoms with Crippen molar-refractivity contribution < 1.29 is 23.1 Å². The number of aliphatic carboxylic acids is 1. The summed E-state index contributed by atoms with van der Waals surface area (Å²) in [6.07, 6.45) is 2.83. The van der Waals surface area contributed by atoms with Crippen molar-refractivity contribution in [2.24, 2.45) is 0 Å². The highest BCUT2D eigenvalue weighted by Gasteiger charge is 2.37. The number of carboxylic acid groups (broad SMARTS) is 1. The van der Waals surface area contributed by atoms with Gasteiger partial charge in [0.1, 0.15) is 5.75 Å². The molecule has 1 aliphatic rings. The lowest BCUT2D eigenvalue weighted by Gasteiger charge is -2.36. The monoisotopic (exact) mass is 406 g/mol. The second kappa shape index (κ2) is 7.97. The summed E-state index contributed by atoms with van der Waals surface area (Å²) < 4.78 is 36.1. The van der Waals surface area contributed by atoms with Crippen LogP contribution < -0.4 is 4.74 Å². The van der Waals surface area contributed by atoms with E-state index in [1.54, 1.807) is 33.1 Å². The standard InChI is InChI=1S/C20H26N2O5S/c1-14-12-16(27-3)13-15(2)20(14)28(25,26)22-11-10-21-9-5-7-17(21)18(22)6-4-8-19(23)24/h5,7,9,12-13,18H,4,6,8,10-11H2,1-3H3,(H,23,24). The molecule has 28 heavy (non-hydrogen) atoms. The zero-order chi connectivity index (χ0) is 20.5. The van der Waals surface area contributed by atoms with Crippen LogP contribution in [-0.2, 0) is 21.4 Å². The van der Waals surface area contributed by atoms with E-state index in [2.05, 4.69) is 0 Å². The highest BCUT2D eigenvalue weighted by molar-refractivity contribution is 7.89. The molecule has 0 radical (unpaired) electrons. The van der Waals surface area contributed by atoms with E-state index in [1.807, 2.05) is 22.9 Å². The van der Waals surface area contributed by atoms with Crippen LogP contribution in [0, 0.1) is 13.8 Å². The molecule has 1 aliphatic heterocycles. The van der Waals surface area contributed by atoms with Gasteiger partial charge in [-0.15, -0.1) is 0 Å². The van der Waals surface area contributed by atoms with Gasteiger partial charge < -0.3 is 14.4 Å². The number of aryl methyl sites for hydroxylation is 2. The number of nitrogens with zero attached hydrogens (tertiary/aromatic N) is 2. The first-order valence-corrected chi connectivity index (χ1v) is 10.7. The van der Waals surface area contributed by atoms with Crippen LogP contribution in [0.5, 0.6) is 5.75 Å². The van der Waals surface area contributed by atoms with Crippen molar-refractivity contribution in [3.05, 3.63) is 47.3 Å². The van der Waals surface area contributed by atoms with Crippen LogP contribution in [-0.4, -0.2) is 42.0 Å². The predicted octanol–water partition coefficient (Wildman–Crippen LogP) is 3.11. The molecule has 0 amide bonds. The van der Waals surface area contributed by atoms with Crippen molar-refractivity contribution in [2.45, 2.75) is 50.6 Å². The molecule has 1 unspecified atom stereocenters. The lowest BCUT2D eigenvalue weighted by atomic mass is 10.0. The first-order chi connectivity index (χ1) is 13.3. The molecule has 0 bridgehead atoms. The first kappa shape index (κ1) is 20.4. The first-order valence-electron chi connectivity index (χ1n) is 9.29.